The van der Waals surface area contributed by atoms with E-state index < -0.39 is 43.0 Å². The van der Waals surface area contributed by atoms with E-state index >= 15 is 0 Å². The maximum atomic E-state index is 13.7. The average molecular weight is 492 g/mol. The van der Waals surface area contributed by atoms with Crippen molar-refractivity contribution < 1.29 is 23.5 Å². The molecule has 0 saturated carbocycles. The molecule has 2 aliphatic rings. The van der Waals surface area contributed by atoms with Crippen LogP contribution >= 0.6 is 7.75 Å². The summed E-state index contributed by atoms with van der Waals surface area (Å²) in [7, 11) is -3.81. The molecule has 2 saturated heterocycles. The molecule has 2 N–H and O–H groups in total. The third kappa shape index (κ3) is 4.67. The minimum absolute atomic E-state index is 0.363. The van der Waals surface area contributed by atoms with E-state index in [4.69, 9.17) is 19.3 Å². The Balaban J connectivity index is 1.59. The summed E-state index contributed by atoms with van der Waals surface area (Å²) in [4.78, 5) is 28.7. The van der Waals surface area contributed by atoms with Crippen molar-refractivity contribution in [2.24, 2.45) is 5.11 Å². The lowest BCUT2D eigenvalue weighted by Gasteiger charge is -2.29. The highest BCUT2D eigenvalue weighted by atomic mass is 31.2. The summed E-state index contributed by atoms with van der Waals surface area (Å²) in [6.07, 6.45) is -0.941. The molecule has 1 aromatic heterocycles. The van der Waals surface area contributed by atoms with Gasteiger partial charge in [0.15, 0.2) is 6.23 Å². The average Bonchev–Trinajstić information content (AvgIpc) is 3.43. The predicted molar refractivity (Wildman–Crippen MR) is 120 cm³/mol. The first-order chi connectivity index (χ1) is 16.3. The Hall–Kier alpha value is -2.92. The molecule has 2 aromatic rings. The van der Waals surface area contributed by atoms with Crippen LogP contribution in [0.5, 0.6) is 5.75 Å². The Morgan fingerprint density at radius 1 is 1.29 bits per heavy atom. The van der Waals surface area contributed by atoms with E-state index in [1.165, 1.54) is 13.1 Å². The summed E-state index contributed by atoms with van der Waals surface area (Å²) in [5, 5.41) is 14.7. The first kappa shape index (κ1) is 24.2. The second kappa shape index (κ2) is 9.75. The number of aliphatic hydroxyl groups is 1. The summed E-state index contributed by atoms with van der Waals surface area (Å²) in [5.74, 6) is 0.363. The molecule has 1 unspecified atom stereocenters. The van der Waals surface area contributed by atoms with Gasteiger partial charge in [0.05, 0.1) is 12.7 Å². The second-order valence-corrected chi connectivity index (χ2v) is 10.2. The Bertz CT molecular complexity index is 1220. The van der Waals surface area contributed by atoms with Crippen LogP contribution in [0, 0.1) is 0 Å². The van der Waals surface area contributed by atoms with Gasteiger partial charge in [-0.05, 0) is 37.4 Å². The monoisotopic (exact) mass is 492 g/mol. The lowest BCUT2D eigenvalue weighted by atomic mass is 9.93. The van der Waals surface area contributed by atoms with Crippen molar-refractivity contribution in [3.05, 3.63) is 73.9 Å². The van der Waals surface area contributed by atoms with Crippen LogP contribution in [0.1, 0.15) is 26.0 Å². The third-order valence-electron chi connectivity index (χ3n) is 5.91. The van der Waals surface area contributed by atoms with Crippen LogP contribution in [0.25, 0.3) is 10.4 Å². The molecule has 13 nitrogen and oxygen atoms in total. The van der Waals surface area contributed by atoms with Gasteiger partial charge >= 0.3 is 13.4 Å². The number of azide groups is 1. The van der Waals surface area contributed by atoms with E-state index in [9.17, 15) is 19.3 Å². The van der Waals surface area contributed by atoms with Gasteiger partial charge in [0.1, 0.15) is 17.4 Å². The molecule has 1 aromatic carbocycles. The van der Waals surface area contributed by atoms with Gasteiger partial charge in [-0.25, -0.2) is 9.36 Å². The van der Waals surface area contributed by atoms with Crippen LogP contribution in [-0.4, -0.2) is 56.8 Å². The van der Waals surface area contributed by atoms with Crippen LogP contribution in [0.15, 0.2) is 57.3 Å². The van der Waals surface area contributed by atoms with Crippen molar-refractivity contribution in [3.63, 3.8) is 0 Å². The number of hydrogen-bond acceptors (Lipinski definition) is 8. The number of para-hydroxylation sites is 1. The number of aromatic amines is 1. The van der Waals surface area contributed by atoms with Crippen LogP contribution < -0.4 is 15.8 Å². The zero-order valence-corrected chi connectivity index (χ0v) is 19.3. The first-order valence-electron chi connectivity index (χ1n) is 10.7. The van der Waals surface area contributed by atoms with Gasteiger partial charge in [-0.2, -0.15) is 4.67 Å². The van der Waals surface area contributed by atoms with E-state index in [1.54, 1.807) is 35.0 Å². The number of H-pyrrole nitrogens is 1. The SMILES string of the molecule is C[C@@]1(N=[N+]=[N-])[C@H](O)[C@@H](COP(=O)(Oc2ccccc2)N2CCCC2)O[C@H]1n1ccc(=O)[nH]c1=O. The highest BCUT2D eigenvalue weighted by molar-refractivity contribution is 7.51. The molecular weight excluding hydrogens is 467 g/mol. The smallest absolute Gasteiger partial charge is 0.413 e. The molecule has 0 amide bonds. The Kier molecular flexibility index (Phi) is 6.94. The summed E-state index contributed by atoms with van der Waals surface area (Å²) in [6, 6.07) is 9.70. The molecule has 2 fully saturated rings. The van der Waals surface area contributed by atoms with Crippen molar-refractivity contribution in [2.75, 3.05) is 19.7 Å². The van der Waals surface area contributed by atoms with Gasteiger partial charge in [0.25, 0.3) is 5.56 Å². The molecule has 0 bridgehead atoms. The van der Waals surface area contributed by atoms with Crippen LogP contribution in [0.2, 0.25) is 0 Å². The highest BCUT2D eigenvalue weighted by Gasteiger charge is 2.55. The largest absolute Gasteiger partial charge is 0.461 e. The summed E-state index contributed by atoms with van der Waals surface area (Å²) in [6.45, 7) is 2.08. The van der Waals surface area contributed by atoms with E-state index in [2.05, 4.69) is 15.0 Å². The van der Waals surface area contributed by atoms with Crippen molar-refractivity contribution in [1.82, 2.24) is 14.2 Å². The molecule has 0 spiro atoms. The van der Waals surface area contributed by atoms with E-state index in [-0.39, 0.29) is 6.61 Å². The minimum atomic E-state index is -3.81. The number of aromatic nitrogens is 2. The van der Waals surface area contributed by atoms with Gasteiger partial charge in [-0.1, -0.05) is 23.3 Å². The van der Waals surface area contributed by atoms with Crippen LogP contribution in [0.4, 0.5) is 0 Å². The standard InChI is InChI=1S/C20H25N6O7P/c1-20(23-24-21)17(28)15(32-18(20)26-12-9-16(27)22-19(26)29)13-31-34(30,25-10-5-6-11-25)33-14-7-3-2-4-8-14/h2-4,7-9,12,15,17-18,28H,5-6,10-11,13H2,1H3,(H,22,27,29)/t15-,17-,18-,20-,34?/m1/s1. The fourth-order valence-corrected chi connectivity index (χ4v) is 5.92. The summed E-state index contributed by atoms with van der Waals surface area (Å²) < 4.78 is 33.8. The zero-order chi connectivity index (χ0) is 24.3. The van der Waals surface area contributed by atoms with Gasteiger partial charge < -0.3 is 14.4 Å². The molecule has 0 aliphatic carbocycles. The van der Waals surface area contributed by atoms with Gasteiger partial charge in [-0.15, -0.1) is 0 Å². The minimum Gasteiger partial charge on any atom is -0.413 e. The van der Waals surface area contributed by atoms with Crippen LogP contribution in [-0.2, 0) is 13.8 Å². The zero-order valence-electron chi connectivity index (χ0n) is 18.4. The Morgan fingerprint density at radius 3 is 2.65 bits per heavy atom. The maximum absolute atomic E-state index is 13.7. The summed E-state index contributed by atoms with van der Waals surface area (Å²) in [5.41, 5.74) is 6.04. The molecule has 182 valence electrons. The van der Waals surface area contributed by atoms with E-state index in [1.807, 2.05) is 0 Å². The fourth-order valence-electron chi connectivity index (χ4n) is 4.09. The first-order valence-corrected chi connectivity index (χ1v) is 12.2. The molecular formula is C20H25N6O7P. The second-order valence-electron chi connectivity index (χ2n) is 8.23. The number of rotatable bonds is 8. The molecule has 2 aliphatic heterocycles. The molecule has 4 rings (SSSR count). The fraction of sp³-hybridized carbons (Fsp3) is 0.500. The topological polar surface area (TPSA) is 172 Å². The third-order valence-corrected chi connectivity index (χ3v) is 7.92. The molecule has 34 heavy (non-hydrogen) atoms. The van der Waals surface area contributed by atoms with Gasteiger partial charge in [0.2, 0.25) is 0 Å². The van der Waals surface area contributed by atoms with Crippen molar-refractivity contribution in [3.8, 4) is 5.75 Å². The van der Waals surface area contributed by atoms with E-state index in [0.29, 0.717) is 18.8 Å². The number of nitrogens with zero attached hydrogens (tertiary/aromatic N) is 5. The Labute approximate surface area is 194 Å². The summed E-state index contributed by atoms with van der Waals surface area (Å²) >= 11 is 0. The Morgan fingerprint density at radius 2 is 2.00 bits per heavy atom. The van der Waals surface area contributed by atoms with Crippen molar-refractivity contribution >= 4 is 7.75 Å². The predicted octanol–water partition coefficient (Wildman–Crippen LogP) is 2.16. The quantitative estimate of drug-likeness (QED) is 0.244. The van der Waals surface area contributed by atoms with Gasteiger partial charge in [-0.3, -0.25) is 18.9 Å². The number of aliphatic hydroxyl groups excluding tert-OH is 1. The van der Waals surface area contributed by atoms with Crippen LogP contribution in [0.3, 0.4) is 0 Å². The molecule has 5 atom stereocenters. The number of hydrogen-bond donors (Lipinski definition) is 2. The van der Waals surface area contributed by atoms with Crippen molar-refractivity contribution in [1.29, 1.82) is 0 Å². The molecule has 3 heterocycles. The lowest BCUT2D eigenvalue weighted by molar-refractivity contribution is -0.0466. The number of nitrogens with one attached hydrogen (secondary N) is 1. The number of benzene rings is 1. The maximum Gasteiger partial charge on any atom is 0.461 e. The molecule has 14 heteroatoms. The van der Waals surface area contributed by atoms with Crippen molar-refractivity contribution in [2.45, 2.75) is 43.7 Å². The molecule has 0 radical (unpaired) electrons. The lowest BCUT2D eigenvalue weighted by Crippen LogP contribution is -2.45. The van der Waals surface area contributed by atoms with E-state index in [0.717, 1.165) is 23.5 Å². The highest BCUT2D eigenvalue weighted by Crippen LogP contribution is 2.54. The normalized spacial score (nSPS) is 28.8. The van der Waals surface area contributed by atoms with Gasteiger partial charge in [0, 0.05) is 30.3 Å². The number of ether oxygens (including phenoxy) is 1.